The molecule has 0 aromatic heterocycles. The Morgan fingerprint density at radius 1 is 0.960 bits per heavy atom. The Morgan fingerprint density at radius 2 is 1.60 bits per heavy atom. The van der Waals surface area contributed by atoms with E-state index in [0.29, 0.717) is 22.7 Å². The molecule has 0 saturated heterocycles. The fraction of sp³-hybridized carbons (Fsp3) is 0.316. The zero-order chi connectivity index (χ0) is 18.6. The molecule has 2 rings (SSSR count). The second-order valence-corrected chi connectivity index (χ2v) is 8.09. The molecule has 0 spiro atoms. The maximum atomic E-state index is 12.5. The van der Waals surface area contributed by atoms with Crippen molar-refractivity contribution in [3.05, 3.63) is 59.7 Å². The summed E-state index contributed by atoms with van der Waals surface area (Å²) in [6, 6.07) is 13.2. The van der Waals surface area contributed by atoms with Gasteiger partial charge in [0, 0.05) is 11.6 Å². The summed E-state index contributed by atoms with van der Waals surface area (Å²) in [5.74, 6) is 0.100. The largest absolute Gasteiger partial charge is 0.349 e. The monoisotopic (exact) mass is 360 g/mol. The molecule has 1 unspecified atom stereocenters. The second kappa shape index (κ2) is 7.70. The molecule has 5 nitrogen and oxygen atoms in total. The van der Waals surface area contributed by atoms with Gasteiger partial charge in [0.15, 0.2) is 0 Å². The lowest BCUT2D eigenvalue weighted by Gasteiger charge is -2.19. The number of rotatable bonds is 6. The molecule has 6 heteroatoms. The molecular weight excluding hydrogens is 336 g/mol. The van der Waals surface area contributed by atoms with E-state index < -0.39 is 10.0 Å². The Morgan fingerprint density at radius 3 is 2.20 bits per heavy atom. The molecule has 0 fully saturated rings. The first kappa shape index (κ1) is 19.0. The van der Waals surface area contributed by atoms with Gasteiger partial charge in [-0.15, -0.1) is 0 Å². The lowest BCUT2D eigenvalue weighted by Crippen LogP contribution is -2.36. The number of carbonyl (C=O) groups is 1. The van der Waals surface area contributed by atoms with E-state index in [2.05, 4.69) is 10.0 Å². The van der Waals surface area contributed by atoms with Crippen LogP contribution >= 0.6 is 0 Å². The van der Waals surface area contributed by atoms with Gasteiger partial charge in [0.05, 0.1) is 10.6 Å². The first-order chi connectivity index (χ1) is 11.7. The summed E-state index contributed by atoms with van der Waals surface area (Å²) >= 11 is 0. The van der Waals surface area contributed by atoms with Crippen molar-refractivity contribution in [2.24, 2.45) is 5.92 Å². The highest BCUT2D eigenvalue weighted by molar-refractivity contribution is 7.92. The normalized spacial score (nSPS) is 12.7. The predicted molar refractivity (Wildman–Crippen MR) is 100 cm³/mol. The Balaban J connectivity index is 2.28. The van der Waals surface area contributed by atoms with Gasteiger partial charge in [0.25, 0.3) is 15.9 Å². The summed E-state index contributed by atoms with van der Waals surface area (Å²) in [5.41, 5.74) is 1.45. The zero-order valence-corrected chi connectivity index (χ0v) is 15.7. The maximum absolute atomic E-state index is 12.5. The molecule has 0 radical (unpaired) electrons. The SMILES string of the molecule is Cc1c(NS(=O)(=O)c2ccccc2)cccc1C(=O)NC(C)C(C)C. The zero-order valence-electron chi connectivity index (χ0n) is 14.9. The van der Waals surface area contributed by atoms with Crippen LogP contribution in [-0.2, 0) is 10.0 Å². The molecule has 0 aliphatic carbocycles. The van der Waals surface area contributed by atoms with Crippen LogP contribution in [0.2, 0.25) is 0 Å². The maximum Gasteiger partial charge on any atom is 0.261 e. The Kier molecular flexibility index (Phi) is 5.85. The van der Waals surface area contributed by atoms with Gasteiger partial charge in [-0.25, -0.2) is 8.42 Å². The van der Waals surface area contributed by atoms with Gasteiger partial charge in [0.1, 0.15) is 0 Å². The number of nitrogens with one attached hydrogen (secondary N) is 2. The third kappa shape index (κ3) is 4.60. The van der Waals surface area contributed by atoms with E-state index >= 15 is 0 Å². The number of hydrogen-bond acceptors (Lipinski definition) is 3. The molecule has 25 heavy (non-hydrogen) atoms. The van der Waals surface area contributed by atoms with Crippen LogP contribution in [0.1, 0.15) is 36.7 Å². The van der Waals surface area contributed by atoms with E-state index in [4.69, 9.17) is 0 Å². The molecule has 0 aliphatic heterocycles. The molecule has 134 valence electrons. The van der Waals surface area contributed by atoms with Crippen molar-refractivity contribution in [2.45, 2.75) is 38.6 Å². The van der Waals surface area contributed by atoms with Crippen molar-refractivity contribution in [3.63, 3.8) is 0 Å². The van der Waals surface area contributed by atoms with Crippen molar-refractivity contribution in [1.82, 2.24) is 5.32 Å². The lowest BCUT2D eigenvalue weighted by atomic mass is 10.0. The van der Waals surface area contributed by atoms with Gasteiger partial charge < -0.3 is 5.32 Å². The van der Waals surface area contributed by atoms with Crippen LogP contribution in [0.5, 0.6) is 0 Å². The van der Waals surface area contributed by atoms with Gasteiger partial charge >= 0.3 is 0 Å². The van der Waals surface area contributed by atoms with Crippen LogP contribution in [0.3, 0.4) is 0 Å². The number of sulfonamides is 1. The van der Waals surface area contributed by atoms with Crippen molar-refractivity contribution >= 4 is 21.6 Å². The highest BCUT2D eigenvalue weighted by atomic mass is 32.2. The number of benzene rings is 2. The molecule has 0 bridgehead atoms. The molecule has 0 saturated carbocycles. The van der Waals surface area contributed by atoms with Crippen molar-refractivity contribution < 1.29 is 13.2 Å². The average Bonchev–Trinajstić information content (AvgIpc) is 2.57. The van der Waals surface area contributed by atoms with Gasteiger partial charge in [-0.3, -0.25) is 9.52 Å². The second-order valence-electron chi connectivity index (χ2n) is 6.40. The number of hydrogen-bond donors (Lipinski definition) is 2. The molecule has 2 aromatic rings. The lowest BCUT2D eigenvalue weighted by molar-refractivity contribution is 0.0930. The van der Waals surface area contributed by atoms with Gasteiger partial charge in [-0.2, -0.15) is 0 Å². The number of anilines is 1. The summed E-state index contributed by atoms with van der Waals surface area (Å²) in [6.45, 7) is 7.74. The fourth-order valence-corrected chi connectivity index (χ4v) is 3.39. The van der Waals surface area contributed by atoms with E-state index in [-0.39, 0.29) is 16.8 Å². The molecule has 1 atom stereocenters. The molecule has 2 N–H and O–H groups in total. The Hall–Kier alpha value is -2.34. The number of amides is 1. The minimum atomic E-state index is -3.70. The first-order valence-electron chi connectivity index (χ1n) is 8.20. The molecule has 0 aliphatic rings. The van der Waals surface area contributed by atoms with E-state index in [1.54, 1.807) is 43.3 Å². The Labute approximate surface area is 149 Å². The third-order valence-electron chi connectivity index (χ3n) is 4.24. The van der Waals surface area contributed by atoms with E-state index in [9.17, 15) is 13.2 Å². The van der Waals surface area contributed by atoms with E-state index in [0.717, 1.165) is 0 Å². The highest BCUT2D eigenvalue weighted by Gasteiger charge is 2.19. The van der Waals surface area contributed by atoms with Crippen LogP contribution in [0, 0.1) is 12.8 Å². The average molecular weight is 360 g/mol. The van der Waals surface area contributed by atoms with Gasteiger partial charge in [0.2, 0.25) is 0 Å². The van der Waals surface area contributed by atoms with Crippen LogP contribution < -0.4 is 10.0 Å². The minimum absolute atomic E-state index is 0.0246. The molecule has 0 heterocycles. The summed E-state index contributed by atoms with van der Waals surface area (Å²) < 4.78 is 27.5. The van der Waals surface area contributed by atoms with Crippen molar-refractivity contribution in [3.8, 4) is 0 Å². The number of carbonyl (C=O) groups excluding carboxylic acids is 1. The van der Waals surface area contributed by atoms with E-state index in [1.165, 1.54) is 12.1 Å². The minimum Gasteiger partial charge on any atom is -0.349 e. The van der Waals surface area contributed by atoms with Gasteiger partial charge in [-0.1, -0.05) is 38.1 Å². The summed E-state index contributed by atoms with van der Waals surface area (Å²) in [5, 5.41) is 2.94. The molecular formula is C19H24N2O3S. The van der Waals surface area contributed by atoms with E-state index in [1.807, 2.05) is 20.8 Å². The molecule has 2 aromatic carbocycles. The van der Waals surface area contributed by atoms with Crippen LogP contribution in [0.25, 0.3) is 0 Å². The van der Waals surface area contributed by atoms with Crippen LogP contribution in [0.4, 0.5) is 5.69 Å². The van der Waals surface area contributed by atoms with Crippen LogP contribution in [0.15, 0.2) is 53.4 Å². The Bertz CT molecular complexity index is 846. The first-order valence-corrected chi connectivity index (χ1v) is 9.69. The predicted octanol–water partition coefficient (Wildman–Crippen LogP) is 3.57. The molecule has 1 amide bonds. The summed E-state index contributed by atoms with van der Waals surface area (Å²) in [4.78, 5) is 12.7. The quantitative estimate of drug-likeness (QED) is 0.827. The fourth-order valence-electron chi connectivity index (χ4n) is 2.25. The van der Waals surface area contributed by atoms with Crippen molar-refractivity contribution in [2.75, 3.05) is 4.72 Å². The topological polar surface area (TPSA) is 75.3 Å². The van der Waals surface area contributed by atoms with Gasteiger partial charge in [-0.05, 0) is 49.6 Å². The standard InChI is InChI=1S/C19H24N2O3S/c1-13(2)15(4)20-19(22)17-11-8-12-18(14(17)3)21-25(23,24)16-9-6-5-7-10-16/h5-13,15,21H,1-4H3,(H,20,22). The van der Waals surface area contributed by atoms with Crippen molar-refractivity contribution in [1.29, 1.82) is 0 Å². The highest BCUT2D eigenvalue weighted by Crippen LogP contribution is 2.22. The summed E-state index contributed by atoms with van der Waals surface area (Å²) in [7, 11) is -3.70. The third-order valence-corrected chi connectivity index (χ3v) is 5.62. The van der Waals surface area contributed by atoms with Crippen LogP contribution in [-0.4, -0.2) is 20.4 Å². The smallest absolute Gasteiger partial charge is 0.261 e. The summed E-state index contributed by atoms with van der Waals surface area (Å²) in [6.07, 6.45) is 0.